The fourth-order valence-electron chi connectivity index (χ4n) is 13.9. The second-order valence-corrected chi connectivity index (χ2v) is 26.9. The molecule has 0 bridgehead atoms. The highest BCUT2D eigenvalue weighted by Gasteiger charge is 2.39. The molecule has 0 aromatic heterocycles. The number of nitrogens with zero attached hydrogens (tertiary/aromatic N) is 1. The molecule has 2 N–H and O–H groups in total. The van der Waals surface area contributed by atoms with Crippen LogP contribution in [0.4, 0.5) is 22.7 Å². The SMILES string of the molecule is CC1(C)c2ccccc2-c2ccc(Br)cc21.Cc1ccc(-c2ccc(N(c3ccc4c(c3)C(C)(C)c3ccccc3-4)c3ccc4c(c3)C(C)(C)c3ccccc3-4)c(-c3ccc(C)cc3)c2)cc1.Cc1ccc(-c2ccc(N)c(-c3ccc(C)cc3)c2)cc1. The summed E-state index contributed by atoms with van der Waals surface area (Å²) in [7, 11) is 0. The average Bonchev–Trinajstić information content (AvgIpc) is 1.62. The monoisotopic (exact) mass is 1200 g/mol. The summed E-state index contributed by atoms with van der Waals surface area (Å²) in [5.41, 5.74) is 41.4. The minimum absolute atomic E-state index is 0.107. The average molecular weight is 1200 g/mol. The van der Waals surface area contributed by atoms with E-state index in [2.05, 4.69) is 345 Å². The number of nitrogens with two attached hydrogens (primary N) is 1. The van der Waals surface area contributed by atoms with E-state index in [9.17, 15) is 0 Å². The summed E-state index contributed by atoms with van der Waals surface area (Å²) in [5, 5.41) is 0. The van der Waals surface area contributed by atoms with Crippen molar-refractivity contribution < 1.29 is 0 Å². The molecule has 0 atom stereocenters. The third kappa shape index (κ3) is 10.5. The Hall–Kier alpha value is -9.28. The second kappa shape index (κ2) is 22.8. The highest BCUT2D eigenvalue weighted by atomic mass is 79.9. The van der Waals surface area contributed by atoms with Crippen molar-refractivity contribution in [3.63, 3.8) is 0 Å². The van der Waals surface area contributed by atoms with Crippen LogP contribution < -0.4 is 10.6 Å². The van der Waals surface area contributed by atoms with Crippen molar-refractivity contribution in [2.75, 3.05) is 10.6 Å². The number of hydrogen-bond donors (Lipinski definition) is 1. The van der Waals surface area contributed by atoms with E-state index in [1.807, 2.05) is 6.07 Å². The predicted molar refractivity (Wildman–Crippen MR) is 380 cm³/mol. The minimum Gasteiger partial charge on any atom is -0.398 e. The quantitative estimate of drug-likeness (QED) is 0.161. The molecule has 3 aliphatic rings. The van der Waals surface area contributed by atoms with E-state index in [4.69, 9.17) is 5.73 Å². The van der Waals surface area contributed by atoms with Crippen molar-refractivity contribution in [1.82, 2.24) is 0 Å². The summed E-state index contributed by atoms with van der Waals surface area (Å²) in [6.45, 7) is 22.6. The van der Waals surface area contributed by atoms with Gasteiger partial charge in [-0.3, -0.25) is 0 Å². The topological polar surface area (TPSA) is 29.3 Å². The summed E-state index contributed by atoms with van der Waals surface area (Å²) >= 11 is 3.56. The van der Waals surface area contributed by atoms with E-state index in [0.717, 1.165) is 27.0 Å². The molecule has 0 aliphatic heterocycles. The van der Waals surface area contributed by atoms with Crippen LogP contribution in [0.2, 0.25) is 0 Å². The first-order valence-corrected chi connectivity index (χ1v) is 31.6. The third-order valence-electron chi connectivity index (χ3n) is 19.0. The normalized spacial score (nSPS) is 13.7. The molecule has 0 saturated carbocycles. The van der Waals surface area contributed by atoms with Gasteiger partial charge in [-0.2, -0.15) is 0 Å². The van der Waals surface area contributed by atoms with Gasteiger partial charge in [0.1, 0.15) is 0 Å². The van der Waals surface area contributed by atoms with Gasteiger partial charge in [0.25, 0.3) is 0 Å². The minimum atomic E-state index is -0.107. The Labute approximate surface area is 530 Å². The summed E-state index contributed by atoms with van der Waals surface area (Å²) in [4.78, 5) is 2.51. The zero-order valence-electron chi connectivity index (χ0n) is 52.2. The fraction of sp³-hybridized carbons (Fsp3) is 0.153. The maximum Gasteiger partial charge on any atom is 0.0540 e. The maximum absolute atomic E-state index is 6.16. The first kappa shape index (κ1) is 57.8. The molecule has 0 amide bonds. The van der Waals surface area contributed by atoms with Gasteiger partial charge in [0.15, 0.2) is 0 Å². The number of rotatable bonds is 7. The lowest BCUT2D eigenvalue weighted by atomic mass is 9.82. The summed E-state index contributed by atoms with van der Waals surface area (Å²) < 4.78 is 1.16. The third-order valence-corrected chi connectivity index (χ3v) is 19.5. The van der Waals surface area contributed by atoms with Crippen molar-refractivity contribution >= 4 is 38.7 Å². The van der Waals surface area contributed by atoms with Gasteiger partial charge < -0.3 is 10.6 Å². The Kier molecular flexibility index (Phi) is 15.0. The maximum atomic E-state index is 6.16. The van der Waals surface area contributed by atoms with Crippen molar-refractivity contribution in [3.05, 3.63) is 321 Å². The molecule has 432 valence electrons. The van der Waals surface area contributed by atoms with Gasteiger partial charge in [0.05, 0.1) is 5.69 Å². The summed E-state index contributed by atoms with van der Waals surface area (Å²) in [6.07, 6.45) is 0. The first-order valence-electron chi connectivity index (χ1n) is 30.9. The largest absolute Gasteiger partial charge is 0.398 e. The lowest BCUT2D eigenvalue weighted by Crippen LogP contribution is -2.18. The van der Waals surface area contributed by atoms with Crippen LogP contribution in [0.5, 0.6) is 0 Å². The number of nitrogen functional groups attached to an aromatic ring is 1. The van der Waals surface area contributed by atoms with Crippen molar-refractivity contribution in [2.24, 2.45) is 0 Å². The molecule has 0 heterocycles. The van der Waals surface area contributed by atoms with E-state index >= 15 is 0 Å². The number of halogens is 1. The molecular weight excluding hydrogens is 1130 g/mol. The molecule has 2 nitrogen and oxygen atoms in total. The Balaban J connectivity index is 0.000000156. The van der Waals surface area contributed by atoms with Gasteiger partial charge in [0.2, 0.25) is 0 Å². The molecule has 0 unspecified atom stereocenters. The first-order chi connectivity index (χ1) is 42.3. The molecule has 3 aliphatic carbocycles. The zero-order chi connectivity index (χ0) is 61.2. The van der Waals surface area contributed by atoms with Crippen molar-refractivity contribution in [1.29, 1.82) is 0 Å². The summed E-state index contributed by atoms with van der Waals surface area (Å²) in [5.74, 6) is 0. The Morgan fingerprint density at radius 3 is 1.01 bits per heavy atom. The Morgan fingerprint density at radius 2 is 0.591 bits per heavy atom. The number of benzene rings is 12. The van der Waals surface area contributed by atoms with Crippen molar-refractivity contribution in [3.8, 4) is 77.9 Å². The second-order valence-electron chi connectivity index (χ2n) is 26.0. The fourth-order valence-corrected chi connectivity index (χ4v) is 14.2. The molecule has 15 rings (SSSR count). The van der Waals surface area contributed by atoms with E-state index in [1.54, 1.807) is 0 Å². The lowest BCUT2D eigenvalue weighted by Gasteiger charge is -2.31. The number of fused-ring (bicyclic) bond motifs is 9. The van der Waals surface area contributed by atoms with Gasteiger partial charge in [-0.15, -0.1) is 0 Å². The number of aryl methyl sites for hydroxylation is 4. The highest BCUT2D eigenvalue weighted by Crippen LogP contribution is 2.55. The molecule has 88 heavy (non-hydrogen) atoms. The molecule has 0 saturated heterocycles. The molecule has 3 heteroatoms. The van der Waals surface area contributed by atoms with Gasteiger partial charge in [-0.05, 0) is 189 Å². The summed E-state index contributed by atoms with van der Waals surface area (Å²) in [6, 6.07) is 95.6. The van der Waals surface area contributed by atoms with Crippen molar-refractivity contribution in [2.45, 2.75) is 85.5 Å². The van der Waals surface area contributed by atoms with Gasteiger partial charge >= 0.3 is 0 Å². The molecule has 0 spiro atoms. The Morgan fingerprint density at radius 1 is 0.273 bits per heavy atom. The standard InChI is InChI=1S/C50H43N.C20H19N.C15H13Br/c1-32-15-19-34(20-16-32)36-23-28-48(43(29-36)35-21-17-33(2)18-22-35)51(37-24-26-41-39-11-7-9-13-44(39)49(3,4)46(41)30-37)38-25-27-42-40-12-8-10-14-45(40)50(5,6)47(42)31-38;1-14-3-7-16(8-4-14)18-11-12-20(21)19(13-18)17-9-5-15(2)6-10-17;1-15(2)13-6-4-3-5-11(13)12-8-7-10(16)9-14(12)15/h7-31H,1-6H3;3-13H,21H2,1-2H3;3-9H,1-2H3. The predicted octanol–water partition coefficient (Wildman–Crippen LogP) is 23.7. The van der Waals surface area contributed by atoms with Crippen LogP contribution in [0.25, 0.3) is 77.9 Å². The molecule has 0 radical (unpaired) electrons. The molecule has 0 fully saturated rings. The molecule has 12 aromatic carbocycles. The molecule has 12 aromatic rings. The van der Waals surface area contributed by atoms with Crippen LogP contribution >= 0.6 is 15.9 Å². The lowest BCUT2D eigenvalue weighted by molar-refractivity contribution is 0.660. The highest BCUT2D eigenvalue weighted by molar-refractivity contribution is 9.10. The van der Waals surface area contributed by atoms with Crippen LogP contribution in [0, 0.1) is 27.7 Å². The van der Waals surface area contributed by atoms with Gasteiger partial charge in [-0.1, -0.05) is 280 Å². The van der Waals surface area contributed by atoms with Crippen LogP contribution in [0.15, 0.2) is 265 Å². The number of anilines is 4. The van der Waals surface area contributed by atoms with E-state index in [-0.39, 0.29) is 16.2 Å². The van der Waals surface area contributed by atoms with E-state index in [1.165, 1.54) is 134 Å². The van der Waals surface area contributed by atoms with E-state index < -0.39 is 0 Å². The van der Waals surface area contributed by atoms with Gasteiger partial charge in [-0.25, -0.2) is 0 Å². The van der Waals surface area contributed by atoms with Crippen LogP contribution in [0.1, 0.15) is 97.2 Å². The van der Waals surface area contributed by atoms with Crippen LogP contribution in [-0.4, -0.2) is 0 Å². The van der Waals surface area contributed by atoms with Gasteiger partial charge in [0, 0.05) is 48.9 Å². The zero-order valence-corrected chi connectivity index (χ0v) is 53.8. The Bertz CT molecular complexity index is 4510. The van der Waals surface area contributed by atoms with Crippen LogP contribution in [0.3, 0.4) is 0 Å². The van der Waals surface area contributed by atoms with Crippen LogP contribution in [-0.2, 0) is 16.2 Å². The smallest absolute Gasteiger partial charge is 0.0540 e. The number of hydrogen-bond acceptors (Lipinski definition) is 2. The molecular formula is C85H75BrN2. The van der Waals surface area contributed by atoms with E-state index in [0.29, 0.717) is 0 Å².